The van der Waals surface area contributed by atoms with Crippen molar-refractivity contribution in [2.75, 3.05) is 22.3 Å². The van der Waals surface area contributed by atoms with Crippen LogP contribution < -0.4 is 9.21 Å². The standard InChI is InChI=1S/C19H19F3N2O2S/c20-19(21,22)15-8-9-17-18(11-15)24(12-16-7-4-10-23(16)17)27(25,26)13-14-5-2-1-3-6-14/h1-3,5-6,8-9,11,16H,4,7,10,12-13H2/t16-/m1/s1. The quantitative estimate of drug-likeness (QED) is 0.787. The third-order valence-electron chi connectivity index (χ3n) is 5.16. The maximum absolute atomic E-state index is 13.2. The van der Waals surface area contributed by atoms with E-state index in [1.807, 2.05) is 4.90 Å². The molecule has 0 saturated carbocycles. The summed E-state index contributed by atoms with van der Waals surface area (Å²) < 4.78 is 67.0. The summed E-state index contributed by atoms with van der Waals surface area (Å²) in [6, 6.07) is 12.1. The van der Waals surface area contributed by atoms with Gasteiger partial charge in [-0.3, -0.25) is 4.31 Å². The van der Waals surface area contributed by atoms with E-state index in [2.05, 4.69) is 0 Å². The number of hydrogen-bond donors (Lipinski definition) is 0. The van der Waals surface area contributed by atoms with Crippen LogP contribution in [0, 0.1) is 0 Å². The highest BCUT2D eigenvalue weighted by molar-refractivity contribution is 7.92. The lowest BCUT2D eigenvalue weighted by Gasteiger charge is -2.40. The maximum atomic E-state index is 13.2. The molecule has 0 aliphatic carbocycles. The van der Waals surface area contributed by atoms with Crippen LogP contribution in [0.25, 0.3) is 0 Å². The first-order valence-corrected chi connectivity index (χ1v) is 10.4. The zero-order valence-electron chi connectivity index (χ0n) is 14.5. The average Bonchev–Trinajstić information content (AvgIpc) is 3.09. The van der Waals surface area contributed by atoms with Crippen LogP contribution >= 0.6 is 0 Å². The molecule has 144 valence electrons. The molecule has 2 heterocycles. The Morgan fingerprint density at radius 3 is 2.48 bits per heavy atom. The summed E-state index contributed by atoms with van der Waals surface area (Å²) in [7, 11) is -3.81. The molecule has 0 unspecified atom stereocenters. The Morgan fingerprint density at radius 2 is 1.78 bits per heavy atom. The van der Waals surface area contributed by atoms with Gasteiger partial charge in [0.05, 0.1) is 29.2 Å². The van der Waals surface area contributed by atoms with E-state index in [9.17, 15) is 21.6 Å². The molecule has 0 N–H and O–H groups in total. The van der Waals surface area contributed by atoms with Gasteiger partial charge in [-0.2, -0.15) is 13.2 Å². The van der Waals surface area contributed by atoms with Crippen molar-refractivity contribution in [3.8, 4) is 0 Å². The summed E-state index contributed by atoms with van der Waals surface area (Å²) in [5.41, 5.74) is 0.464. The van der Waals surface area contributed by atoms with Gasteiger partial charge in [0.2, 0.25) is 10.0 Å². The first-order valence-electron chi connectivity index (χ1n) is 8.78. The van der Waals surface area contributed by atoms with E-state index in [-0.39, 0.29) is 24.0 Å². The second-order valence-corrected chi connectivity index (χ2v) is 8.86. The molecule has 0 radical (unpaired) electrons. The van der Waals surface area contributed by atoms with Gasteiger partial charge in [0.25, 0.3) is 0 Å². The Hall–Kier alpha value is -2.22. The number of rotatable bonds is 3. The van der Waals surface area contributed by atoms with Crippen molar-refractivity contribution in [1.82, 2.24) is 0 Å². The van der Waals surface area contributed by atoms with E-state index in [0.29, 0.717) is 11.3 Å². The molecule has 1 atom stereocenters. The number of halogens is 3. The molecule has 0 amide bonds. The molecule has 2 aromatic carbocycles. The number of hydrogen-bond acceptors (Lipinski definition) is 3. The molecule has 4 rings (SSSR count). The molecular weight excluding hydrogens is 377 g/mol. The molecule has 4 nitrogen and oxygen atoms in total. The van der Waals surface area contributed by atoms with E-state index in [0.717, 1.165) is 31.5 Å². The Kier molecular flexibility index (Phi) is 4.33. The van der Waals surface area contributed by atoms with E-state index >= 15 is 0 Å². The lowest BCUT2D eigenvalue weighted by molar-refractivity contribution is -0.137. The summed E-state index contributed by atoms with van der Waals surface area (Å²) in [6.45, 7) is 0.916. The summed E-state index contributed by atoms with van der Waals surface area (Å²) in [5.74, 6) is -0.240. The van der Waals surface area contributed by atoms with Crippen LogP contribution in [0.4, 0.5) is 24.5 Å². The number of benzene rings is 2. The van der Waals surface area contributed by atoms with Crippen molar-refractivity contribution < 1.29 is 21.6 Å². The first kappa shape index (κ1) is 18.2. The van der Waals surface area contributed by atoms with Crippen LogP contribution in [-0.4, -0.2) is 27.5 Å². The molecule has 0 bridgehead atoms. The summed E-state index contributed by atoms with van der Waals surface area (Å²) in [5, 5.41) is 0. The van der Waals surface area contributed by atoms with Crippen molar-refractivity contribution in [3.63, 3.8) is 0 Å². The molecule has 1 fully saturated rings. The van der Waals surface area contributed by atoms with E-state index in [4.69, 9.17) is 0 Å². The number of sulfonamides is 1. The molecule has 2 aliphatic heterocycles. The average molecular weight is 396 g/mol. The molecule has 8 heteroatoms. The fourth-order valence-corrected chi connectivity index (χ4v) is 5.52. The van der Waals surface area contributed by atoms with Gasteiger partial charge in [-0.05, 0) is 36.6 Å². The number of anilines is 2. The maximum Gasteiger partial charge on any atom is 0.416 e. The summed E-state index contributed by atoms with van der Waals surface area (Å²) in [4.78, 5) is 2.03. The van der Waals surface area contributed by atoms with Gasteiger partial charge in [0, 0.05) is 12.6 Å². The Balaban J connectivity index is 1.78. The van der Waals surface area contributed by atoms with Crippen molar-refractivity contribution in [3.05, 3.63) is 59.7 Å². The topological polar surface area (TPSA) is 40.6 Å². The Bertz CT molecular complexity index is 945. The minimum Gasteiger partial charge on any atom is -0.365 e. The molecule has 0 spiro atoms. The molecule has 2 aliphatic rings. The van der Waals surface area contributed by atoms with Crippen molar-refractivity contribution in [2.45, 2.75) is 30.8 Å². The van der Waals surface area contributed by atoms with Gasteiger partial charge in [-0.15, -0.1) is 0 Å². The van der Waals surface area contributed by atoms with Crippen LogP contribution in [0.2, 0.25) is 0 Å². The molecule has 2 aromatic rings. The molecule has 0 aromatic heterocycles. The van der Waals surface area contributed by atoms with Gasteiger partial charge in [0.1, 0.15) is 0 Å². The molecular formula is C19H19F3N2O2S. The molecule has 1 saturated heterocycles. The van der Waals surface area contributed by atoms with Gasteiger partial charge >= 0.3 is 6.18 Å². The number of fused-ring (bicyclic) bond motifs is 3. The lowest BCUT2D eigenvalue weighted by Crippen LogP contribution is -2.48. The largest absolute Gasteiger partial charge is 0.416 e. The highest BCUT2D eigenvalue weighted by Gasteiger charge is 2.40. The van der Waals surface area contributed by atoms with Crippen LogP contribution in [0.1, 0.15) is 24.0 Å². The minimum atomic E-state index is -4.52. The van der Waals surface area contributed by atoms with Crippen LogP contribution in [0.15, 0.2) is 48.5 Å². The van der Waals surface area contributed by atoms with Crippen LogP contribution in [-0.2, 0) is 22.0 Å². The van der Waals surface area contributed by atoms with Crippen molar-refractivity contribution in [1.29, 1.82) is 0 Å². The minimum absolute atomic E-state index is 0.000199. The zero-order valence-corrected chi connectivity index (χ0v) is 15.3. The fourth-order valence-electron chi connectivity index (χ4n) is 3.90. The predicted octanol–water partition coefficient (Wildman–Crippen LogP) is 4.02. The lowest BCUT2D eigenvalue weighted by atomic mass is 10.1. The van der Waals surface area contributed by atoms with Crippen molar-refractivity contribution >= 4 is 21.4 Å². The summed E-state index contributed by atoms with van der Waals surface area (Å²) >= 11 is 0. The monoisotopic (exact) mass is 396 g/mol. The van der Waals surface area contributed by atoms with Gasteiger partial charge in [-0.1, -0.05) is 30.3 Å². The van der Waals surface area contributed by atoms with Gasteiger partial charge in [-0.25, -0.2) is 8.42 Å². The van der Waals surface area contributed by atoms with E-state index < -0.39 is 21.8 Å². The van der Waals surface area contributed by atoms with Crippen molar-refractivity contribution in [2.24, 2.45) is 0 Å². The summed E-state index contributed by atoms with van der Waals surface area (Å²) in [6.07, 6.45) is -2.79. The van der Waals surface area contributed by atoms with E-state index in [1.54, 1.807) is 30.3 Å². The van der Waals surface area contributed by atoms with Gasteiger partial charge < -0.3 is 4.90 Å². The van der Waals surface area contributed by atoms with E-state index in [1.165, 1.54) is 10.4 Å². The Labute approximate surface area is 156 Å². The van der Waals surface area contributed by atoms with Gasteiger partial charge in [0.15, 0.2) is 0 Å². The SMILES string of the molecule is O=S(=O)(Cc1ccccc1)N1C[C@H]2CCCN2c2ccc(C(F)(F)F)cc21. The predicted molar refractivity (Wildman–Crippen MR) is 98.2 cm³/mol. The fraction of sp³-hybridized carbons (Fsp3) is 0.368. The van der Waals surface area contributed by atoms with Crippen LogP contribution in [0.3, 0.4) is 0 Å². The second kappa shape index (κ2) is 6.44. The highest BCUT2D eigenvalue weighted by Crippen LogP contribution is 2.44. The highest BCUT2D eigenvalue weighted by atomic mass is 32.2. The first-order chi connectivity index (χ1) is 12.8. The Morgan fingerprint density at radius 1 is 1.04 bits per heavy atom. The normalized spacial score (nSPS) is 19.7. The smallest absolute Gasteiger partial charge is 0.365 e. The number of alkyl halides is 3. The third kappa shape index (κ3) is 3.38. The van der Waals surface area contributed by atoms with Crippen LogP contribution in [0.5, 0.6) is 0 Å². The number of nitrogens with zero attached hydrogens (tertiary/aromatic N) is 2. The second-order valence-electron chi connectivity index (χ2n) is 6.96. The zero-order chi connectivity index (χ0) is 19.2. The molecule has 27 heavy (non-hydrogen) atoms. The third-order valence-corrected chi connectivity index (χ3v) is 6.88.